The molecule has 1 aromatic heterocycles. The number of amides is 2. The van der Waals surface area contributed by atoms with Gasteiger partial charge in [-0.15, -0.1) is 0 Å². The summed E-state index contributed by atoms with van der Waals surface area (Å²) in [6, 6.07) is 12.7. The van der Waals surface area contributed by atoms with Crippen LogP contribution in [0.15, 0.2) is 42.5 Å². The van der Waals surface area contributed by atoms with Gasteiger partial charge in [0.1, 0.15) is 11.8 Å². The fourth-order valence-electron chi connectivity index (χ4n) is 3.14. The van der Waals surface area contributed by atoms with E-state index in [9.17, 15) is 9.59 Å². The Morgan fingerprint density at radius 2 is 1.81 bits per heavy atom. The molecule has 1 aromatic carbocycles. The highest BCUT2D eigenvalue weighted by atomic mass is 16.7. The number of ether oxygens (including phenoxy) is 3. The van der Waals surface area contributed by atoms with Crippen LogP contribution in [-0.4, -0.2) is 57.5 Å². The van der Waals surface area contributed by atoms with Crippen molar-refractivity contribution in [1.82, 2.24) is 15.6 Å². The number of hydrogen-bond acceptors (Lipinski definition) is 6. The predicted molar refractivity (Wildman–Crippen MR) is 117 cm³/mol. The van der Waals surface area contributed by atoms with Gasteiger partial charge in [-0.25, -0.2) is 4.98 Å². The van der Waals surface area contributed by atoms with Gasteiger partial charge in [0.05, 0.1) is 5.69 Å². The standard InChI is InChI=1S/C23H31N3O5/c1-5-31-20(29-3)12-9-13-25-22(27)17-14-18(26-19(15-17)23(28)24-2)21(30-4)16-10-7-6-8-11-16/h6-8,10-11,14-15,20-21H,5,9,12-13H2,1-4H3,(H,24,28)(H,25,27). The topological polar surface area (TPSA) is 98.8 Å². The van der Waals surface area contributed by atoms with Crippen molar-refractivity contribution < 1.29 is 23.8 Å². The lowest BCUT2D eigenvalue weighted by Gasteiger charge is -2.17. The molecular weight excluding hydrogens is 398 g/mol. The largest absolute Gasteiger partial charge is 0.370 e. The zero-order chi connectivity index (χ0) is 22.6. The van der Waals surface area contributed by atoms with Crippen molar-refractivity contribution >= 4 is 11.8 Å². The molecule has 2 aromatic rings. The Morgan fingerprint density at radius 1 is 1.06 bits per heavy atom. The molecule has 0 saturated heterocycles. The lowest BCUT2D eigenvalue weighted by molar-refractivity contribution is -0.124. The molecule has 0 fully saturated rings. The number of nitrogens with one attached hydrogen (secondary N) is 2. The number of methoxy groups -OCH3 is 2. The molecule has 2 unspecified atom stereocenters. The number of carbonyl (C=O) groups is 2. The minimum absolute atomic E-state index is 0.152. The van der Waals surface area contributed by atoms with Crippen molar-refractivity contribution in [3.63, 3.8) is 0 Å². The molecule has 0 radical (unpaired) electrons. The van der Waals surface area contributed by atoms with Crippen LogP contribution < -0.4 is 10.6 Å². The summed E-state index contributed by atoms with van der Waals surface area (Å²) < 4.78 is 16.3. The van der Waals surface area contributed by atoms with Crippen molar-refractivity contribution in [1.29, 1.82) is 0 Å². The fourth-order valence-corrected chi connectivity index (χ4v) is 3.14. The summed E-state index contributed by atoms with van der Waals surface area (Å²) in [5.74, 6) is -0.666. The van der Waals surface area contributed by atoms with Gasteiger partial charge in [-0.1, -0.05) is 30.3 Å². The van der Waals surface area contributed by atoms with Gasteiger partial charge >= 0.3 is 0 Å². The minimum Gasteiger partial charge on any atom is -0.370 e. The summed E-state index contributed by atoms with van der Waals surface area (Å²) in [4.78, 5) is 29.5. The number of carbonyl (C=O) groups excluding carboxylic acids is 2. The van der Waals surface area contributed by atoms with E-state index in [4.69, 9.17) is 14.2 Å². The van der Waals surface area contributed by atoms with Crippen LogP contribution in [0.2, 0.25) is 0 Å². The van der Waals surface area contributed by atoms with Crippen molar-refractivity contribution in [3.05, 3.63) is 65.0 Å². The first-order chi connectivity index (χ1) is 15.0. The molecule has 0 aliphatic rings. The third kappa shape index (κ3) is 7.13. The van der Waals surface area contributed by atoms with Gasteiger partial charge in [0.25, 0.3) is 11.8 Å². The van der Waals surface area contributed by atoms with E-state index in [2.05, 4.69) is 15.6 Å². The van der Waals surface area contributed by atoms with Crippen LogP contribution in [0.3, 0.4) is 0 Å². The van der Waals surface area contributed by atoms with Crippen LogP contribution in [0, 0.1) is 0 Å². The van der Waals surface area contributed by atoms with Crippen LogP contribution in [0.4, 0.5) is 0 Å². The van der Waals surface area contributed by atoms with E-state index < -0.39 is 6.10 Å². The first-order valence-corrected chi connectivity index (χ1v) is 10.3. The quantitative estimate of drug-likeness (QED) is 0.398. The average molecular weight is 430 g/mol. The van der Waals surface area contributed by atoms with E-state index >= 15 is 0 Å². The third-order valence-electron chi connectivity index (χ3n) is 4.69. The second-order valence-electron chi connectivity index (χ2n) is 6.79. The number of nitrogens with zero attached hydrogens (tertiary/aromatic N) is 1. The Morgan fingerprint density at radius 3 is 2.42 bits per heavy atom. The number of hydrogen-bond donors (Lipinski definition) is 2. The van der Waals surface area contributed by atoms with Crippen LogP contribution in [-0.2, 0) is 14.2 Å². The molecule has 1 heterocycles. The maximum absolute atomic E-state index is 12.8. The summed E-state index contributed by atoms with van der Waals surface area (Å²) in [7, 11) is 4.68. The van der Waals surface area contributed by atoms with E-state index in [0.29, 0.717) is 37.3 Å². The Bertz CT molecular complexity index is 844. The van der Waals surface area contributed by atoms with Gasteiger partial charge in [-0.2, -0.15) is 0 Å². The summed E-state index contributed by atoms with van der Waals surface area (Å²) in [5.41, 5.74) is 1.85. The number of aromatic nitrogens is 1. The highest BCUT2D eigenvalue weighted by Gasteiger charge is 2.20. The molecule has 2 N–H and O–H groups in total. The summed E-state index contributed by atoms with van der Waals surface area (Å²) >= 11 is 0. The Kier molecular flexibility index (Phi) is 10.1. The van der Waals surface area contributed by atoms with Crippen LogP contribution >= 0.6 is 0 Å². The smallest absolute Gasteiger partial charge is 0.269 e. The van der Waals surface area contributed by atoms with Crippen molar-refractivity contribution in [2.75, 3.05) is 34.4 Å². The minimum atomic E-state index is -0.508. The first-order valence-electron chi connectivity index (χ1n) is 10.3. The van der Waals surface area contributed by atoms with Crippen molar-refractivity contribution in [2.45, 2.75) is 32.2 Å². The second kappa shape index (κ2) is 12.8. The fraction of sp³-hybridized carbons (Fsp3) is 0.435. The number of pyridine rings is 1. The van der Waals surface area contributed by atoms with Crippen LogP contribution in [0.25, 0.3) is 0 Å². The molecule has 0 spiro atoms. The molecule has 0 bridgehead atoms. The van der Waals surface area contributed by atoms with Gasteiger partial charge in [0.15, 0.2) is 6.29 Å². The van der Waals surface area contributed by atoms with Crippen molar-refractivity contribution in [3.8, 4) is 0 Å². The molecule has 8 heteroatoms. The second-order valence-corrected chi connectivity index (χ2v) is 6.79. The zero-order valence-electron chi connectivity index (χ0n) is 18.5. The Hall–Kier alpha value is -2.81. The molecule has 2 atom stereocenters. The lowest BCUT2D eigenvalue weighted by Crippen LogP contribution is -2.27. The van der Waals surface area contributed by atoms with E-state index in [0.717, 1.165) is 5.56 Å². The van der Waals surface area contributed by atoms with Crippen LogP contribution in [0.1, 0.15) is 58.0 Å². The SMILES string of the molecule is CCOC(CCCNC(=O)c1cc(C(=O)NC)nc(C(OC)c2ccccc2)c1)OC. The highest BCUT2D eigenvalue weighted by Crippen LogP contribution is 2.25. The maximum atomic E-state index is 12.8. The summed E-state index contributed by atoms with van der Waals surface area (Å²) in [6.07, 6.45) is 0.554. The normalized spacial score (nSPS) is 12.8. The van der Waals surface area contributed by atoms with Gasteiger partial charge in [0.2, 0.25) is 0 Å². The van der Waals surface area contributed by atoms with Gasteiger partial charge < -0.3 is 24.8 Å². The van der Waals surface area contributed by atoms with Gasteiger partial charge in [0, 0.05) is 46.4 Å². The molecule has 8 nitrogen and oxygen atoms in total. The van der Waals surface area contributed by atoms with Gasteiger partial charge in [-0.3, -0.25) is 9.59 Å². The van der Waals surface area contributed by atoms with Gasteiger partial charge in [-0.05, 0) is 31.0 Å². The maximum Gasteiger partial charge on any atom is 0.269 e. The molecule has 0 aliphatic carbocycles. The number of benzene rings is 1. The molecule has 0 aliphatic heterocycles. The molecule has 31 heavy (non-hydrogen) atoms. The predicted octanol–water partition coefficient (Wildman–Crippen LogP) is 2.70. The third-order valence-corrected chi connectivity index (χ3v) is 4.69. The average Bonchev–Trinajstić information content (AvgIpc) is 2.81. The van der Waals surface area contributed by atoms with E-state index in [1.165, 1.54) is 13.1 Å². The number of rotatable bonds is 12. The van der Waals surface area contributed by atoms with E-state index in [1.807, 2.05) is 37.3 Å². The molecule has 2 amide bonds. The highest BCUT2D eigenvalue weighted by molar-refractivity contribution is 5.98. The lowest BCUT2D eigenvalue weighted by atomic mass is 10.0. The molecule has 168 valence electrons. The Balaban J connectivity index is 2.19. The summed E-state index contributed by atoms with van der Waals surface area (Å²) in [6.45, 7) is 2.92. The monoisotopic (exact) mass is 429 g/mol. The van der Waals surface area contributed by atoms with Crippen LogP contribution in [0.5, 0.6) is 0 Å². The van der Waals surface area contributed by atoms with Crippen molar-refractivity contribution in [2.24, 2.45) is 0 Å². The Labute approximate surface area is 183 Å². The van der Waals surface area contributed by atoms with E-state index in [1.54, 1.807) is 20.3 Å². The molecule has 2 rings (SSSR count). The first kappa shape index (κ1) is 24.5. The molecular formula is C23H31N3O5. The molecule has 0 saturated carbocycles. The zero-order valence-corrected chi connectivity index (χ0v) is 18.5. The van der Waals surface area contributed by atoms with E-state index in [-0.39, 0.29) is 23.8 Å². The summed E-state index contributed by atoms with van der Waals surface area (Å²) in [5, 5.41) is 5.43.